The fraction of sp³-hybridized carbons (Fsp3) is 0.269. The van der Waals surface area contributed by atoms with E-state index >= 15 is 0 Å². The summed E-state index contributed by atoms with van der Waals surface area (Å²) in [7, 11) is 0. The summed E-state index contributed by atoms with van der Waals surface area (Å²) >= 11 is 6.12. The molecule has 1 aliphatic rings. The average Bonchev–Trinajstić information content (AvgIpc) is 3.25. The van der Waals surface area contributed by atoms with Crippen molar-refractivity contribution in [3.05, 3.63) is 88.8 Å². The van der Waals surface area contributed by atoms with Gasteiger partial charge in [-0.2, -0.15) is 0 Å². The predicted molar refractivity (Wildman–Crippen MR) is 129 cm³/mol. The Hall–Kier alpha value is -3.22. The minimum atomic E-state index is -0.186. The molecule has 5 rings (SSSR count). The molecule has 0 atom stereocenters. The third-order valence-electron chi connectivity index (χ3n) is 6.54. The van der Waals surface area contributed by atoms with E-state index in [1.165, 1.54) is 5.56 Å². The van der Waals surface area contributed by atoms with Crippen LogP contribution in [0.1, 0.15) is 34.3 Å². The summed E-state index contributed by atoms with van der Waals surface area (Å²) in [5.74, 6) is 0.429. The fourth-order valence-electron chi connectivity index (χ4n) is 4.70. The van der Waals surface area contributed by atoms with E-state index < -0.39 is 0 Å². The largest absolute Gasteiger partial charge is 0.381 e. The number of carbonyl (C=O) groups excluding carboxylic acids is 1. The number of fused-ring (bicyclic) bond motifs is 1. The van der Waals surface area contributed by atoms with Gasteiger partial charge in [0.15, 0.2) is 0 Å². The summed E-state index contributed by atoms with van der Waals surface area (Å²) in [4.78, 5) is 22.3. The number of aromatic nitrogens is 3. The van der Waals surface area contributed by atoms with Gasteiger partial charge >= 0.3 is 0 Å². The third kappa shape index (κ3) is 4.12. The Bertz CT molecular complexity index is 1280. The van der Waals surface area contributed by atoms with Crippen LogP contribution in [0.25, 0.3) is 16.9 Å². The van der Waals surface area contributed by atoms with Gasteiger partial charge in [0.1, 0.15) is 0 Å². The summed E-state index contributed by atoms with van der Waals surface area (Å²) in [6.07, 6.45) is 6.91. The summed E-state index contributed by atoms with van der Waals surface area (Å²) < 4.78 is 7.51. The van der Waals surface area contributed by atoms with Crippen LogP contribution in [0, 0.1) is 6.92 Å². The van der Waals surface area contributed by atoms with Crippen molar-refractivity contribution in [2.75, 3.05) is 19.8 Å². The van der Waals surface area contributed by atoms with Crippen LogP contribution in [-0.4, -0.2) is 40.2 Å². The SMILES string of the molecule is Cc1cccc2c1c(C(=O)NCC1(c3ccc(Cl)cc3)CCOCC1)cn2-c1ncccn1. The van der Waals surface area contributed by atoms with Gasteiger partial charge in [-0.05, 0) is 55.2 Å². The summed E-state index contributed by atoms with van der Waals surface area (Å²) in [6, 6.07) is 15.7. The van der Waals surface area contributed by atoms with E-state index in [-0.39, 0.29) is 11.3 Å². The lowest BCUT2D eigenvalue weighted by Gasteiger charge is -2.38. The van der Waals surface area contributed by atoms with Crippen LogP contribution in [0.4, 0.5) is 0 Å². The van der Waals surface area contributed by atoms with Gasteiger partial charge in [0, 0.05) is 54.2 Å². The highest BCUT2D eigenvalue weighted by molar-refractivity contribution is 6.30. The van der Waals surface area contributed by atoms with Crippen LogP contribution in [0.3, 0.4) is 0 Å². The van der Waals surface area contributed by atoms with Crippen LogP contribution >= 0.6 is 11.6 Å². The monoisotopic (exact) mass is 460 g/mol. The maximum atomic E-state index is 13.5. The Kier molecular flexibility index (Phi) is 5.87. The molecule has 1 aliphatic heterocycles. The first-order valence-corrected chi connectivity index (χ1v) is 11.5. The highest BCUT2D eigenvalue weighted by Gasteiger charge is 2.35. The second-order valence-electron chi connectivity index (χ2n) is 8.51. The van der Waals surface area contributed by atoms with Gasteiger partial charge in [0.25, 0.3) is 5.91 Å². The van der Waals surface area contributed by atoms with E-state index in [4.69, 9.17) is 16.3 Å². The van der Waals surface area contributed by atoms with Gasteiger partial charge in [-0.25, -0.2) is 9.97 Å². The van der Waals surface area contributed by atoms with Crippen LogP contribution in [0.2, 0.25) is 5.02 Å². The van der Waals surface area contributed by atoms with Crippen LogP contribution in [0.5, 0.6) is 0 Å². The Labute approximate surface area is 197 Å². The average molecular weight is 461 g/mol. The standard InChI is InChI=1S/C26H25ClN4O2/c1-18-4-2-5-22-23(18)21(16-31(22)25-28-12-3-13-29-25)24(32)30-17-26(10-14-33-15-11-26)19-6-8-20(27)9-7-19/h2-9,12-13,16H,10-11,14-15,17H2,1H3,(H,30,32). The number of benzene rings is 2. The molecule has 168 valence electrons. The van der Waals surface area contributed by atoms with Crippen LogP contribution in [0.15, 0.2) is 67.1 Å². The smallest absolute Gasteiger partial charge is 0.253 e. The number of amides is 1. The van der Waals surface area contributed by atoms with E-state index in [1.54, 1.807) is 18.5 Å². The second-order valence-corrected chi connectivity index (χ2v) is 8.95. The molecule has 0 aliphatic carbocycles. The predicted octanol–water partition coefficient (Wildman–Crippen LogP) is 4.86. The zero-order valence-electron chi connectivity index (χ0n) is 18.4. The Morgan fingerprint density at radius 3 is 2.55 bits per heavy atom. The molecule has 6 nitrogen and oxygen atoms in total. The number of nitrogens with one attached hydrogen (secondary N) is 1. The minimum Gasteiger partial charge on any atom is -0.381 e. The Morgan fingerprint density at radius 1 is 1.09 bits per heavy atom. The van der Waals surface area contributed by atoms with E-state index in [9.17, 15) is 4.79 Å². The van der Waals surface area contributed by atoms with E-state index in [0.29, 0.717) is 36.3 Å². The lowest BCUT2D eigenvalue weighted by molar-refractivity contribution is 0.0487. The number of hydrogen-bond acceptors (Lipinski definition) is 4. The molecule has 7 heteroatoms. The minimum absolute atomic E-state index is 0.108. The molecule has 3 heterocycles. The fourth-order valence-corrected chi connectivity index (χ4v) is 4.82. The number of nitrogens with zero attached hydrogens (tertiary/aromatic N) is 3. The number of rotatable bonds is 5. The number of hydrogen-bond donors (Lipinski definition) is 1. The Balaban J connectivity index is 1.48. The first-order valence-electron chi connectivity index (χ1n) is 11.1. The normalized spacial score (nSPS) is 15.5. The quantitative estimate of drug-likeness (QED) is 0.461. The van der Waals surface area contributed by atoms with Gasteiger partial charge in [-0.3, -0.25) is 9.36 Å². The maximum Gasteiger partial charge on any atom is 0.253 e. The molecule has 1 N–H and O–H groups in total. The van der Waals surface area contributed by atoms with E-state index in [2.05, 4.69) is 27.4 Å². The topological polar surface area (TPSA) is 69.0 Å². The maximum absolute atomic E-state index is 13.5. The van der Waals surface area contributed by atoms with Crippen molar-refractivity contribution in [2.45, 2.75) is 25.2 Å². The van der Waals surface area contributed by atoms with Gasteiger partial charge in [0.2, 0.25) is 5.95 Å². The van der Waals surface area contributed by atoms with Gasteiger partial charge < -0.3 is 10.1 Å². The molecule has 0 saturated carbocycles. The van der Waals surface area contributed by atoms with Crippen molar-refractivity contribution in [3.63, 3.8) is 0 Å². The van der Waals surface area contributed by atoms with E-state index in [0.717, 1.165) is 29.3 Å². The van der Waals surface area contributed by atoms with Crippen molar-refractivity contribution < 1.29 is 9.53 Å². The number of ether oxygens (including phenoxy) is 1. The zero-order valence-corrected chi connectivity index (χ0v) is 19.2. The van der Waals surface area contributed by atoms with E-state index in [1.807, 2.05) is 48.0 Å². The van der Waals surface area contributed by atoms with Crippen molar-refractivity contribution in [3.8, 4) is 5.95 Å². The molecule has 0 radical (unpaired) electrons. The molecule has 1 saturated heterocycles. The Morgan fingerprint density at radius 2 is 1.82 bits per heavy atom. The molecule has 4 aromatic rings. The van der Waals surface area contributed by atoms with Crippen molar-refractivity contribution in [2.24, 2.45) is 0 Å². The molecule has 0 bridgehead atoms. The molecule has 2 aromatic carbocycles. The summed E-state index contributed by atoms with van der Waals surface area (Å²) in [6.45, 7) is 3.88. The number of aryl methyl sites for hydroxylation is 1. The first kappa shape index (κ1) is 21.6. The van der Waals surface area contributed by atoms with Gasteiger partial charge in [-0.15, -0.1) is 0 Å². The summed E-state index contributed by atoms with van der Waals surface area (Å²) in [5, 5.41) is 4.84. The van der Waals surface area contributed by atoms with Gasteiger partial charge in [0.05, 0.1) is 11.1 Å². The van der Waals surface area contributed by atoms with Gasteiger partial charge in [-0.1, -0.05) is 35.9 Å². The lowest BCUT2D eigenvalue weighted by Crippen LogP contribution is -2.44. The number of halogens is 1. The van der Waals surface area contributed by atoms with Crippen LogP contribution < -0.4 is 5.32 Å². The van der Waals surface area contributed by atoms with Crippen molar-refractivity contribution in [1.82, 2.24) is 19.9 Å². The first-order chi connectivity index (χ1) is 16.1. The second kappa shape index (κ2) is 8.96. The number of carbonyl (C=O) groups is 1. The molecular weight excluding hydrogens is 436 g/mol. The molecular formula is C26H25ClN4O2. The zero-order chi connectivity index (χ0) is 22.8. The molecule has 0 spiro atoms. The van der Waals surface area contributed by atoms with Crippen molar-refractivity contribution in [1.29, 1.82) is 0 Å². The highest BCUT2D eigenvalue weighted by atomic mass is 35.5. The lowest BCUT2D eigenvalue weighted by atomic mass is 9.74. The molecule has 1 amide bonds. The molecule has 33 heavy (non-hydrogen) atoms. The van der Waals surface area contributed by atoms with Crippen molar-refractivity contribution >= 4 is 28.4 Å². The third-order valence-corrected chi connectivity index (χ3v) is 6.80. The highest BCUT2D eigenvalue weighted by Crippen LogP contribution is 2.35. The molecule has 1 fully saturated rings. The summed E-state index contributed by atoms with van der Waals surface area (Å²) in [5.41, 5.74) is 3.55. The van der Waals surface area contributed by atoms with Crippen LogP contribution in [-0.2, 0) is 10.2 Å². The molecule has 0 unspecified atom stereocenters. The molecule has 2 aromatic heterocycles.